The highest BCUT2D eigenvalue weighted by atomic mass is 32.2. The molecule has 20 heavy (non-hydrogen) atoms. The summed E-state index contributed by atoms with van der Waals surface area (Å²) in [4.78, 5) is 8.75. The number of rotatable bonds is 4. The highest BCUT2D eigenvalue weighted by molar-refractivity contribution is 7.92. The minimum absolute atomic E-state index is 0.0397. The van der Waals surface area contributed by atoms with E-state index in [0.717, 1.165) is 18.5 Å². The third kappa shape index (κ3) is 2.51. The normalized spacial score (nSPS) is 11.2. The van der Waals surface area contributed by atoms with Gasteiger partial charge in [0.2, 0.25) is 0 Å². The first-order chi connectivity index (χ1) is 9.31. The van der Waals surface area contributed by atoms with Gasteiger partial charge in [-0.05, 0) is 0 Å². The van der Waals surface area contributed by atoms with Crippen molar-refractivity contribution in [1.29, 1.82) is 0 Å². The van der Waals surface area contributed by atoms with Crippen LogP contribution in [0.15, 0.2) is 34.0 Å². The number of nitrogen functional groups attached to an aromatic ring is 1. The van der Waals surface area contributed by atoms with Crippen LogP contribution in [0.2, 0.25) is 0 Å². The van der Waals surface area contributed by atoms with Gasteiger partial charge in [-0.1, -0.05) is 5.16 Å². The molecule has 0 aliphatic rings. The number of non-ortho nitro benzene ring substituents is 1. The number of halogens is 1. The van der Waals surface area contributed by atoms with Gasteiger partial charge < -0.3 is 10.3 Å². The monoisotopic (exact) mass is 302 g/mol. The first-order valence-electron chi connectivity index (χ1n) is 4.97. The minimum Gasteiger partial charge on any atom is -0.397 e. The molecular weight excluding hydrogens is 295 g/mol. The third-order valence-corrected chi connectivity index (χ3v) is 3.69. The number of sulfonamides is 1. The van der Waals surface area contributed by atoms with Gasteiger partial charge in [-0.3, -0.25) is 14.8 Å². The Morgan fingerprint density at radius 1 is 1.45 bits per heavy atom. The zero-order chi connectivity index (χ0) is 14.9. The number of anilines is 2. The van der Waals surface area contributed by atoms with Crippen LogP contribution in [-0.2, 0) is 10.0 Å². The molecule has 2 rings (SSSR count). The molecule has 3 N–H and O–H groups in total. The maximum Gasteiger partial charge on any atom is 0.274 e. The third-order valence-electron chi connectivity index (χ3n) is 2.22. The molecule has 0 aliphatic heterocycles. The van der Waals surface area contributed by atoms with E-state index >= 15 is 0 Å². The summed E-state index contributed by atoms with van der Waals surface area (Å²) in [6.07, 6.45) is 2.04. The fourth-order valence-corrected chi connectivity index (χ4v) is 2.65. The average Bonchev–Trinajstić information content (AvgIpc) is 2.79. The molecule has 0 bridgehead atoms. The number of aromatic nitrogens is 1. The molecule has 0 amide bonds. The van der Waals surface area contributed by atoms with Crippen LogP contribution in [0.25, 0.3) is 0 Å². The lowest BCUT2D eigenvalue weighted by molar-refractivity contribution is -0.385. The van der Waals surface area contributed by atoms with Crippen LogP contribution >= 0.6 is 0 Å². The Bertz CT molecular complexity index is 736. The van der Waals surface area contributed by atoms with Gasteiger partial charge in [0, 0.05) is 6.07 Å². The molecule has 0 aliphatic carbocycles. The summed E-state index contributed by atoms with van der Waals surface area (Å²) in [5.74, 6) is -1.33. The lowest BCUT2D eigenvalue weighted by Crippen LogP contribution is -2.16. The van der Waals surface area contributed by atoms with E-state index < -0.39 is 37.0 Å². The second-order valence-corrected chi connectivity index (χ2v) is 5.24. The molecule has 0 spiro atoms. The van der Waals surface area contributed by atoms with Crippen LogP contribution in [0.5, 0.6) is 0 Å². The molecule has 1 heterocycles. The standard InChI is InChI=1S/C9H7FN4O5S/c10-7-1-6(14(15)16)2-8(11)9(7)20(17,18)13-5-3-12-19-4-5/h1-4,13H,11H2. The number of nitrogens with two attached hydrogens (primary N) is 1. The molecule has 2 aromatic rings. The highest BCUT2D eigenvalue weighted by Gasteiger charge is 2.26. The van der Waals surface area contributed by atoms with Gasteiger partial charge in [0.15, 0.2) is 5.82 Å². The summed E-state index contributed by atoms with van der Waals surface area (Å²) < 4.78 is 44.0. The fourth-order valence-electron chi connectivity index (χ4n) is 1.45. The maximum absolute atomic E-state index is 13.8. The molecule has 1 aromatic carbocycles. The largest absolute Gasteiger partial charge is 0.397 e. The maximum atomic E-state index is 13.8. The van der Waals surface area contributed by atoms with E-state index in [1.165, 1.54) is 0 Å². The Labute approximate surface area is 111 Å². The van der Waals surface area contributed by atoms with Crippen LogP contribution < -0.4 is 10.5 Å². The molecule has 0 radical (unpaired) electrons. The van der Waals surface area contributed by atoms with Gasteiger partial charge in [0.1, 0.15) is 16.8 Å². The molecule has 0 atom stereocenters. The molecular formula is C9H7FN4O5S. The van der Waals surface area contributed by atoms with Crippen molar-refractivity contribution in [3.05, 3.63) is 40.5 Å². The van der Waals surface area contributed by atoms with Gasteiger partial charge in [-0.2, -0.15) is 0 Å². The van der Waals surface area contributed by atoms with Crippen LogP contribution in [0.1, 0.15) is 0 Å². The Kier molecular flexibility index (Phi) is 3.28. The predicted molar refractivity (Wildman–Crippen MR) is 64.8 cm³/mol. The van der Waals surface area contributed by atoms with Gasteiger partial charge in [0.05, 0.1) is 22.9 Å². The van der Waals surface area contributed by atoms with Gasteiger partial charge in [-0.25, -0.2) is 12.8 Å². The molecule has 11 heteroatoms. The topological polar surface area (TPSA) is 141 Å². The van der Waals surface area contributed by atoms with Crippen molar-refractivity contribution in [2.45, 2.75) is 4.90 Å². The van der Waals surface area contributed by atoms with Crippen molar-refractivity contribution in [2.75, 3.05) is 10.5 Å². The van der Waals surface area contributed by atoms with E-state index in [-0.39, 0.29) is 5.69 Å². The summed E-state index contributed by atoms with van der Waals surface area (Å²) in [5.41, 5.74) is 4.10. The molecule has 0 unspecified atom stereocenters. The van der Waals surface area contributed by atoms with Crippen molar-refractivity contribution < 1.29 is 22.3 Å². The molecule has 9 nitrogen and oxygen atoms in total. The molecule has 0 fully saturated rings. The average molecular weight is 302 g/mol. The number of nitrogens with one attached hydrogen (secondary N) is 1. The molecule has 0 saturated heterocycles. The van der Waals surface area contributed by atoms with Crippen molar-refractivity contribution in [3.8, 4) is 0 Å². The van der Waals surface area contributed by atoms with Crippen molar-refractivity contribution in [3.63, 3.8) is 0 Å². The Hall–Kier alpha value is -2.69. The summed E-state index contributed by atoms with van der Waals surface area (Å²) in [6.45, 7) is 0. The van der Waals surface area contributed by atoms with Crippen LogP contribution in [0.3, 0.4) is 0 Å². The van der Waals surface area contributed by atoms with Crippen LogP contribution in [0.4, 0.5) is 21.5 Å². The van der Waals surface area contributed by atoms with E-state index in [9.17, 15) is 22.9 Å². The second kappa shape index (κ2) is 4.77. The summed E-state index contributed by atoms with van der Waals surface area (Å²) >= 11 is 0. The smallest absolute Gasteiger partial charge is 0.274 e. The second-order valence-electron chi connectivity index (χ2n) is 3.62. The summed E-state index contributed by atoms with van der Waals surface area (Å²) in [5, 5.41) is 13.8. The fraction of sp³-hybridized carbons (Fsp3) is 0. The van der Waals surface area contributed by atoms with E-state index in [1.807, 2.05) is 4.72 Å². The van der Waals surface area contributed by atoms with E-state index in [2.05, 4.69) is 9.68 Å². The number of nitro groups is 1. The predicted octanol–water partition coefficient (Wildman–Crippen LogP) is 1.10. The zero-order valence-electron chi connectivity index (χ0n) is 9.61. The van der Waals surface area contributed by atoms with E-state index in [4.69, 9.17) is 5.73 Å². The van der Waals surface area contributed by atoms with Crippen molar-refractivity contribution >= 4 is 27.1 Å². The summed E-state index contributed by atoms with van der Waals surface area (Å²) in [6, 6.07) is 1.23. The van der Waals surface area contributed by atoms with Gasteiger partial charge in [0.25, 0.3) is 15.7 Å². The van der Waals surface area contributed by atoms with Gasteiger partial charge >= 0.3 is 0 Å². The number of nitro benzene ring substituents is 1. The Morgan fingerprint density at radius 2 is 2.15 bits per heavy atom. The minimum atomic E-state index is -4.36. The molecule has 0 saturated carbocycles. The highest BCUT2D eigenvalue weighted by Crippen LogP contribution is 2.28. The van der Waals surface area contributed by atoms with Crippen LogP contribution in [0, 0.1) is 15.9 Å². The first-order valence-corrected chi connectivity index (χ1v) is 6.45. The van der Waals surface area contributed by atoms with Crippen molar-refractivity contribution in [1.82, 2.24) is 5.16 Å². The SMILES string of the molecule is Nc1cc([N+](=O)[O-])cc(F)c1S(=O)(=O)Nc1cnoc1. The lowest BCUT2D eigenvalue weighted by Gasteiger charge is -2.09. The Balaban J connectivity index is 2.49. The molecule has 1 aromatic heterocycles. The first kappa shape index (κ1) is 13.7. The van der Waals surface area contributed by atoms with E-state index in [0.29, 0.717) is 6.07 Å². The molecule has 106 valence electrons. The number of hydrogen-bond acceptors (Lipinski definition) is 7. The summed E-state index contributed by atoms with van der Waals surface area (Å²) in [7, 11) is -4.36. The zero-order valence-corrected chi connectivity index (χ0v) is 10.4. The van der Waals surface area contributed by atoms with Gasteiger partial charge in [-0.15, -0.1) is 0 Å². The van der Waals surface area contributed by atoms with E-state index in [1.54, 1.807) is 0 Å². The quantitative estimate of drug-likeness (QED) is 0.489. The van der Waals surface area contributed by atoms with Crippen molar-refractivity contribution in [2.24, 2.45) is 0 Å². The number of hydrogen-bond donors (Lipinski definition) is 2. The number of benzene rings is 1. The lowest BCUT2D eigenvalue weighted by atomic mass is 10.3. The van der Waals surface area contributed by atoms with Crippen LogP contribution in [-0.4, -0.2) is 18.5 Å². The Morgan fingerprint density at radius 3 is 2.65 bits per heavy atom. The number of nitrogens with zero attached hydrogens (tertiary/aromatic N) is 2.